The fraction of sp³-hybridized carbons (Fsp3) is 0.533. The predicted octanol–water partition coefficient (Wildman–Crippen LogP) is 2.37. The zero-order chi connectivity index (χ0) is 13.8. The van der Waals surface area contributed by atoms with Crippen molar-refractivity contribution in [3.8, 4) is 0 Å². The second-order valence-corrected chi connectivity index (χ2v) is 5.66. The molecule has 2 rings (SSSR count). The predicted molar refractivity (Wildman–Crippen MR) is 83.8 cm³/mol. The van der Waals surface area contributed by atoms with E-state index in [1.807, 2.05) is 6.07 Å². The number of nitrogens with two attached hydrogens (primary N) is 1. The normalized spacial score (nSPS) is 18.8. The van der Waals surface area contributed by atoms with Crippen LogP contribution in [0.25, 0.3) is 0 Å². The standard InChI is InChI=1S/C15H22N2OS/c1-11-10-13(6-7-14(11)15(16)19)17-8-2-4-12(17)5-3-9-18/h6-7,10,12,18H,2-5,8-9H2,1H3,(H2,16,19). The van der Waals surface area contributed by atoms with Crippen molar-refractivity contribution < 1.29 is 5.11 Å². The highest BCUT2D eigenvalue weighted by atomic mass is 32.1. The summed E-state index contributed by atoms with van der Waals surface area (Å²) in [7, 11) is 0. The number of benzene rings is 1. The number of hydrogen-bond donors (Lipinski definition) is 2. The molecule has 0 aromatic heterocycles. The molecule has 0 saturated carbocycles. The third-order valence-corrected chi connectivity index (χ3v) is 4.10. The molecule has 19 heavy (non-hydrogen) atoms. The van der Waals surface area contributed by atoms with Gasteiger partial charge in [0.2, 0.25) is 0 Å². The number of anilines is 1. The molecule has 0 aliphatic carbocycles. The maximum Gasteiger partial charge on any atom is 0.104 e. The monoisotopic (exact) mass is 278 g/mol. The van der Waals surface area contributed by atoms with Crippen LogP contribution in [-0.4, -0.2) is 29.3 Å². The lowest BCUT2D eigenvalue weighted by Crippen LogP contribution is -2.29. The van der Waals surface area contributed by atoms with Crippen molar-refractivity contribution in [2.24, 2.45) is 5.73 Å². The molecule has 1 aliphatic rings. The van der Waals surface area contributed by atoms with Gasteiger partial charge in [0.1, 0.15) is 4.99 Å². The first-order valence-corrected chi connectivity index (χ1v) is 7.32. The van der Waals surface area contributed by atoms with Crippen molar-refractivity contribution in [1.29, 1.82) is 0 Å². The molecule has 0 radical (unpaired) electrons. The average molecular weight is 278 g/mol. The van der Waals surface area contributed by atoms with E-state index in [9.17, 15) is 0 Å². The van der Waals surface area contributed by atoms with Crippen molar-refractivity contribution >= 4 is 22.9 Å². The Morgan fingerprint density at radius 1 is 1.53 bits per heavy atom. The number of thiocarbonyl (C=S) groups is 1. The van der Waals surface area contributed by atoms with E-state index in [0.29, 0.717) is 11.0 Å². The lowest BCUT2D eigenvalue weighted by Gasteiger charge is -2.27. The quantitative estimate of drug-likeness (QED) is 0.812. The second kappa shape index (κ2) is 6.35. The van der Waals surface area contributed by atoms with Crippen LogP contribution in [0.5, 0.6) is 0 Å². The van der Waals surface area contributed by atoms with Gasteiger partial charge >= 0.3 is 0 Å². The maximum atomic E-state index is 8.98. The number of aliphatic hydroxyl groups excluding tert-OH is 1. The van der Waals surface area contributed by atoms with Crippen LogP contribution in [0.3, 0.4) is 0 Å². The van der Waals surface area contributed by atoms with Crippen LogP contribution in [-0.2, 0) is 0 Å². The fourth-order valence-corrected chi connectivity index (χ4v) is 3.13. The van der Waals surface area contributed by atoms with Crippen molar-refractivity contribution in [3.05, 3.63) is 29.3 Å². The Morgan fingerprint density at radius 2 is 2.32 bits per heavy atom. The second-order valence-electron chi connectivity index (χ2n) is 5.22. The Hall–Kier alpha value is -1.13. The van der Waals surface area contributed by atoms with E-state index in [1.54, 1.807) is 0 Å². The molecule has 1 aromatic carbocycles. The maximum absolute atomic E-state index is 8.98. The van der Waals surface area contributed by atoms with Gasteiger partial charge in [0.15, 0.2) is 0 Å². The lowest BCUT2D eigenvalue weighted by molar-refractivity contribution is 0.279. The molecule has 1 aliphatic heterocycles. The van der Waals surface area contributed by atoms with Gasteiger partial charge in [-0.3, -0.25) is 0 Å². The molecule has 0 amide bonds. The van der Waals surface area contributed by atoms with Crippen molar-refractivity contribution in [2.45, 2.75) is 38.6 Å². The average Bonchev–Trinajstić information content (AvgIpc) is 2.83. The molecule has 0 bridgehead atoms. The Bertz CT molecular complexity index is 461. The van der Waals surface area contributed by atoms with E-state index in [4.69, 9.17) is 23.1 Å². The fourth-order valence-electron chi connectivity index (χ4n) is 2.91. The largest absolute Gasteiger partial charge is 0.396 e. The number of hydrogen-bond acceptors (Lipinski definition) is 3. The number of nitrogens with zero attached hydrogens (tertiary/aromatic N) is 1. The lowest BCUT2D eigenvalue weighted by atomic mass is 10.1. The highest BCUT2D eigenvalue weighted by Crippen LogP contribution is 2.29. The van der Waals surface area contributed by atoms with E-state index < -0.39 is 0 Å². The number of aryl methyl sites for hydroxylation is 1. The van der Waals surface area contributed by atoms with Crippen molar-refractivity contribution in [3.63, 3.8) is 0 Å². The van der Waals surface area contributed by atoms with E-state index in [-0.39, 0.29) is 6.61 Å². The molecule has 1 heterocycles. The third kappa shape index (κ3) is 3.25. The Kier molecular flexibility index (Phi) is 4.77. The smallest absolute Gasteiger partial charge is 0.104 e. The molecule has 1 saturated heterocycles. The number of aliphatic hydroxyl groups is 1. The van der Waals surface area contributed by atoms with Crippen LogP contribution >= 0.6 is 12.2 Å². The minimum Gasteiger partial charge on any atom is -0.396 e. The SMILES string of the molecule is Cc1cc(N2CCCC2CCCO)ccc1C(N)=S. The minimum atomic E-state index is 0.281. The van der Waals surface area contributed by atoms with Gasteiger partial charge in [0, 0.05) is 30.4 Å². The van der Waals surface area contributed by atoms with E-state index >= 15 is 0 Å². The van der Waals surface area contributed by atoms with Crippen LogP contribution in [0.1, 0.15) is 36.8 Å². The molecule has 1 aromatic rings. The first-order valence-electron chi connectivity index (χ1n) is 6.91. The molecular formula is C15H22N2OS. The molecule has 0 spiro atoms. The molecule has 3 N–H and O–H groups in total. The summed E-state index contributed by atoms with van der Waals surface area (Å²) >= 11 is 5.04. The van der Waals surface area contributed by atoms with Crippen LogP contribution in [0.4, 0.5) is 5.69 Å². The Balaban J connectivity index is 2.16. The van der Waals surface area contributed by atoms with Crippen molar-refractivity contribution in [2.75, 3.05) is 18.1 Å². The first-order chi connectivity index (χ1) is 9.13. The summed E-state index contributed by atoms with van der Waals surface area (Å²) in [6.07, 6.45) is 4.39. The molecule has 1 fully saturated rings. The van der Waals surface area contributed by atoms with Gasteiger partial charge in [-0.1, -0.05) is 12.2 Å². The highest BCUT2D eigenvalue weighted by Gasteiger charge is 2.24. The van der Waals surface area contributed by atoms with E-state index in [2.05, 4.69) is 24.0 Å². The van der Waals surface area contributed by atoms with E-state index in [1.165, 1.54) is 18.5 Å². The summed E-state index contributed by atoms with van der Waals surface area (Å²) < 4.78 is 0. The van der Waals surface area contributed by atoms with Crippen LogP contribution in [0.15, 0.2) is 18.2 Å². The van der Waals surface area contributed by atoms with Gasteiger partial charge < -0.3 is 15.7 Å². The first kappa shape index (κ1) is 14.3. The molecule has 4 heteroatoms. The van der Waals surface area contributed by atoms with Gasteiger partial charge in [-0.2, -0.15) is 0 Å². The summed E-state index contributed by atoms with van der Waals surface area (Å²) in [4.78, 5) is 2.91. The van der Waals surface area contributed by atoms with Crippen LogP contribution in [0.2, 0.25) is 0 Å². The molecular weight excluding hydrogens is 256 g/mol. The summed E-state index contributed by atoms with van der Waals surface area (Å²) in [5.41, 5.74) is 9.05. The topological polar surface area (TPSA) is 49.5 Å². The van der Waals surface area contributed by atoms with Gasteiger partial charge in [-0.15, -0.1) is 0 Å². The Labute approximate surface area is 120 Å². The van der Waals surface area contributed by atoms with Gasteiger partial charge in [-0.05, 0) is 56.4 Å². The summed E-state index contributed by atoms with van der Waals surface area (Å²) in [6, 6.07) is 6.86. The minimum absolute atomic E-state index is 0.281. The van der Waals surface area contributed by atoms with Gasteiger partial charge in [-0.25, -0.2) is 0 Å². The molecule has 3 nitrogen and oxygen atoms in total. The summed E-state index contributed by atoms with van der Waals surface area (Å²) in [5.74, 6) is 0. The Morgan fingerprint density at radius 3 is 2.95 bits per heavy atom. The van der Waals surface area contributed by atoms with Gasteiger partial charge in [0.25, 0.3) is 0 Å². The van der Waals surface area contributed by atoms with Gasteiger partial charge in [0.05, 0.1) is 0 Å². The highest BCUT2D eigenvalue weighted by molar-refractivity contribution is 7.80. The zero-order valence-electron chi connectivity index (χ0n) is 11.4. The summed E-state index contributed by atoms with van der Waals surface area (Å²) in [6.45, 7) is 3.43. The van der Waals surface area contributed by atoms with E-state index in [0.717, 1.165) is 30.5 Å². The summed E-state index contributed by atoms with van der Waals surface area (Å²) in [5, 5.41) is 8.98. The number of rotatable bonds is 5. The van der Waals surface area contributed by atoms with Crippen molar-refractivity contribution in [1.82, 2.24) is 0 Å². The van der Waals surface area contributed by atoms with Crippen LogP contribution in [0, 0.1) is 6.92 Å². The zero-order valence-corrected chi connectivity index (χ0v) is 12.2. The van der Waals surface area contributed by atoms with Crippen LogP contribution < -0.4 is 10.6 Å². The molecule has 104 valence electrons. The molecule has 1 unspecified atom stereocenters. The molecule has 1 atom stereocenters. The third-order valence-electron chi connectivity index (χ3n) is 3.88.